The van der Waals surface area contributed by atoms with E-state index < -0.39 is 0 Å². The summed E-state index contributed by atoms with van der Waals surface area (Å²) in [6, 6.07) is 11.0. The van der Waals surface area contributed by atoms with Crippen molar-refractivity contribution >= 4 is 17.4 Å². The summed E-state index contributed by atoms with van der Waals surface area (Å²) in [5.41, 5.74) is 1.05. The number of nitrogens with zero attached hydrogens (tertiary/aromatic N) is 2. The van der Waals surface area contributed by atoms with Gasteiger partial charge in [-0.25, -0.2) is 9.97 Å². The van der Waals surface area contributed by atoms with Crippen molar-refractivity contribution in [1.29, 1.82) is 0 Å². The lowest BCUT2D eigenvalue weighted by atomic mass is 10.3. The fourth-order valence-electron chi connectivity index (χ4n) is 2.03. The summed E-state index contributed by atoms with van der Waals surface area (Å²) in [6.45, 7) is 0.303. The van der Waals surface area contributed by atoms with Gasteiger partial charge in [-0.3, -0.25) is 4.79 Å². The molecule has 0 aliphatic carbocycles. The average molecular weight is 324 g/mol. The molecule has 0 unspecified atom stereocenters. The Labute approximate surface area is 138 Å². The molecule has 1 amide bonds. The van der Waals surface area contributed by atoms with Crippen LogP contribution in [0.2, 0.25) is 0 Å². The van der Waals surface area contributed by atoms with Crippen molar-refractivity contribution in [3.05, 3.63) is 66.5 Å². The number of benzene rings is 1. The fraction of sp³-hybridized carbons (Fsp3) is 0.118. The molecular weight excluding hydrogens is 308 g/mol. The molecule has 0 spiro atoms. The van der Waals surface area contributed by atoms with Crippen LogP contribution in [0.1, 0.15) is 16.2 Å². The van der Waals surface area contributed by atoms with E-state index in [1.807, 2.05) is 24.3 Å². The number of carbonyl (C=O) groups excluding carboxylic acids is 1. The van der Waals surface area contributed by atoms with Crippen molar-refractivity contribution in [2.75, 3.05) is 12.4 Å². The van der Waals surface area contributed by atoms with Gasteiger partial charge < -0.3 is 19.8 Å². The van der Waals surface area contributed by atoms with Gasteiger partial charge in [0.1, 0.15) is 23.0 Å². The van der Waals surface area contributed by atoms with E-state index in [1.54, 1.807) is 25.5 Å². The summed E-state index contributed by atoms with van der Waals surface area (Å²) in [7, 11) is 1.61. The van der Waals surface area contributed by atoms with Crippen LogP contribution in [-0.4, -0.2) is 23.0 Å². The number of hydrogen-bond acceptors (Lipinski definition) is 6. The lowest BCUT2D eigenvalue weighted by molar-refractivity contribution is 0.0942. The molecule has 1 aromatic carbocycles. The molecule has 24 heavy (non-hydrogen) atoms. The average Bonchev–Trinajstić information content (AvgIpc) is 3.14. The highest BCUT2D eigenvalue weighted by molar-refractivity contribution is 5.91. The largest absolute Gasteiger partial charge is 0.497 e. The van der Waals surface area contributed by atoms with E-state index in [9.17, 15) is 4.79 Å². The third-order valence-corrected chi connectivity index (χ3v) is 3.23. The summed E-state index contributed by atoms with van der Waals surface area (Å²) in [5, 5.41) is 5.81. The maximum Gasteiger partial charge on any atom is 0.271 e. The maximum atomic E-state index is 12.0. The summed E-state index contributed by atoms with van der Waals surface area (Å²) in [5.74, 6) is 1.63. The van der Waals surface area contributed by atoms with Gasteiger partial charge in [0.25, 0.3) is 5.91 Å². The van der Waals surface area contributed by atoms with Crippen molar-refractivity contribution in [2.45, 2.75) is 6.54 Å². The Morgan fingerprint density at radius 3 is 2.83 bits per heavy atom. The van der Waals surface area contributed by atoms with Crippen molar-refractivity contribution in [3.8, 4) is 5.75 Å². The highest BCUT2D eigenvalue weighted by Gasteiger charge is 2.08. The molecule has 2 N–H and O–H groups in total. The number of ether oxygens (including phenoxy) is 1. The smallest absolute Gasteiger partial charge is 0.271 e. The van der Waals surface area contributed by atoms with Crippen LogP contribution in [0.15, 0.2) is 59.5 Å². The molecule has 3 rings (SSSR count). The summed E-state index contributed by atoms with van der Waals surface area (Å²) < 4.78 is 10.3. The zero-order valence-electron chi connectivity index (χ0n) is 13.0. The van der Waals surface area contributed by atoms with Gasteiger partial charge >= 0.3 is 0 Å². The highest BCUT2D eigenvalue weighted by Crippen LogP contribution is 2.19. The molecular formula is C17H16N4O3. The number of rotatable bonds is 6. The number of nitrogens with one attached hydrogen (secondary N) is 2. The van der Waals surface area contributed by atoms with Gasteiger partial charge in [-0.15, -0.1) is 0 Å². The first-order valence-electron chi connectivity index (χ1n) is 7.28. The van der Waals surface area contributed by atoms with Crippen LogP contribution in [0.3, 0.4) is 0 Å². The number of furan rings is 1. The standard InChI is InChI=1S/C17H16N4O3/c1-23-13-5-2-4-12(8-13)21-16-11-18-15(10-19-16)17(22)20-9-14-6-3-7-24-14/h2-8,10-11H,9H2,1H3,(H,19,21)(H,20,22). The van der Waals surface area contributed by atoms with Gasteiger partial charge in [0, 0.05) is 11.8 Å². The lowest BCUT2D eigenvalue weighted by Gasteiger charge is -2.07. The topological polar surface area (TPSA) is 89.3 Å². The minimum absolute atomic E-state index is 0.234. The predicted octanol–water partition coefficient (Wildman–Crippen LogP) is 2.75. The number of carbonyl (C=O) groups is 1. The van der Waals surface area contributed by atoms with Crippen LogP contribution in [0.4, 0.5) is 11.5 Å². The Bertz CT molecular complexity index is 801. The van der Waals surface area contributed by atoms with Gasteiger partial charge in [0.15, 0.2) is 0 Å². The second-order valence-corrected chi connectivity index (χ2v) is 4.91. The van der Waals surface area contributed by atoms with Crippen LogP contribution in [-0.2, 0) is 6.54 Å². The maximum absolute atomic E-state index is 12.0. The van der Waals surface area contributed by atoms with Crippen molar-refractivity contribution in [3.63, 3.8) is 0 Å². The summed E-state index contributed by atoms with van der Waals surface area (Å²) in [6.07, 6.45) is 4.47. The molecule has 0 radical (unpaired) electrons. The fourth-order valence-corrected chi connectivity index (χ4v) is 2.03. The molecule has 0 bridgehead atoms. The highest BCUT2D eigenvalue weighted by atomic mass is 16.5. The quantitative estimate of drug-likeness (QED) is 0.725. The molecule has 7 heteroatoms. The first-order valence-corrected chi connectivity index (χ1v) is 7.28. The first-order chi connectivity index (χ1) is 11.7. The Morgan fingerprint density at radius 1 is 1.21 bits per heavy atom. The van der Waals surface area contributed by atoms with Gasteiger partial charge in [-0.2, -0.15) is 0 Å². The molecule has 0 atom stereocenters. The van der Waals surface area contributed by atoms with Gasteiger partial charge in [0.05, 0.1) is 32.3 Å². The number of aromatic nitrogens is 2. The van der Waals surface area contributed by atoms with Crippen LogP contribution in [0.5, 0.6) is 5.75 Å². The first kappa shape index (κ1) is 15.5. The minimum Gasteiger partial charge on any atom is -0.497 e. The number of anilines is 2. The van der Waals surface area contributed by atoms with Crippen molar-refractivity contribution in [2.24, 2.45) is 0 Å². The van der Waals surface area contributed by atoms with Crippen LogP contribution in [0.25, 0.3) is 0 Å². The van der Waals surface area contributed by atoms with E-state index in [0.29, 0.717) is 18.1 Å². The number of amides is 1. The third-order valence-electron chi connectivity index (χ3n) is 3.23. The molecule has 122 valence electrons. The van der Waals surface area contributed by atoms with E-state index in [2.05, 4.69) is 20.6 Å². The number of methoxy groups -OCH3 is 1. The van der Waals surface area contributed by atoms with Crippen LogP contribution in [0, 0.1) is 0 Å². The molecule has 3 aromatic rings. The molecule has 0 aliphatic rings. The molecule has 7 nitrogen and oxygen atoms in total. The SMILES string of the molecule is COc1cccc(Nc2cnc(C(=O)NCc3ccco3)cn2)c1. The second-order valence-electron chi connectivity index (χ2n) is 4.91. The van der Waals surface area contributed by atoms with Gasteiger partial charge in [0.2, 0.25) is 0 Å². The Balaban J connectivity index is 1.61. The molecule has 0 saturated carbocycles. The Morgan fingerprint density at radius 2 is 2.12 bits per heavy atom. The summed E-state index contributed by atoms with van der Waals surface area (Å²) >= 11 is 0. The van der Waals surface area contributed by atoms with Crippen LogP contribution < -0.4 is 15.4 Å². The molecule has 0 aliphatic heterocycles. The monoisotopic (exact) mass is 324 g/mol. The molecule has 0 fully saturated rings. The zero-order valence-corrected chi connectivity index (χ0v) is 13.0. The van der Waals surface area contributed by atoms with E-state index in [4.69, 9.17) is 9.15 Å². The Kier molecular flexibility index (Phi) is 4.71. The Hall–Kier alpha value is -3.35. The van der Waals surface area contributed by atoms with Gasteiger partial charge in [-0.05, 0) is 24.3 Å². The molecule has 0 saturated heterocycles. The minimum atomic E-state index is -0.313. The summed E-state index contributed by atoms with van der Waals surface area (Å²) in [4.78, 5) is 20.3. The zero-order chi connectivity index (χ0) is 16.8. The van der Waals surface area contributed by atoms with E-state index in [-0.39, 0.29) is 11.6 Å². The predicted molar refractivity (Wildman–Crippen MR) is 88.2 cm³/mol. The normalized spacial score (nSPS) is 10.2. The van der Waals surface area contributed by atoms with Crippen molar-refractivity contribution < 1.29 is 13.9 Å². The van der Waals surface area contributed by atoms with Crippen LogP contribution >= 0.6 is 0 Å². The second kappa shape index (κ2) is 7.28. The van der Waals surface area contributed by atoms with E-state index in [0.717, 1.165) is 11.4 Å². The van der Waals surface area contributed by atoms with Crippen molar-refractivity contribution in [1.82, 2.24) is 15.3 Å². The van der Waals surface area contributed by atoms with Gasteiger partial charge in [-0.1, -0.05) is 6.07 Å². The van der Waals surface area contributed by atoms with E-state index >= 15 is 0 Å². The molecule has 2 aromatic heterocycles. The number of hydrogen-bond donors (Lipinski definition) is 2. The third kappa shape index (κ3) is 3.89. The molecule has 2 heterocycles. The van der Waals surface area contributed by atoms with E-state index in [1.165, 1.54) is 12.4 Å². The lowest BCUT2D eigenvalue weighted by Crippen LogP contribution is -2.23.